The second-order valence-corrected chi connectivity index (χ2v) is 9.80. The first-order valence-electron chi connectivity index (χ1n) is 8.75. The quantitative estimate of drug-likeness (QED) is 0.358. The molecule has 4 rings (SSSR count). The van der Waals surface area contributed by atoms with Gasteiger partial charge in [0.15, 0.2) is 9.50 Å². The van der Waals surface area contributed by atoms with Crippen molar-refractivity contribution in [2.24, 2.45) is 7.05 Å². The highest BCUT2D eigenvalue weighted by atomic mass is 35.5. The summed E-state index contributed by atoms with van der Waals surface area (Å²) in [7, 11) is 1.91. The predicted octanol–water partition coefficient (Wildman–Crippen LogP) is 5.71. The lowest BCUT2D eigenvalue weighted by atomic mass is 10.2. The number of hydrogen-bond donors (Lipinski definition) is 1. The average molecular weight is 461 g/mol. The van der Waals surface area contributed by atoms with E-state index >= 15 is 0 Å². The van der Waals surface area contributed by atoms with E-state index < -0.39 is 0 Å². The second-order valence-electron chi connectivity index (χ2n) is 6.20. The van der Waals surface area contributed by atoms with Crippen LogP contribution in [-0.2, 0) is 17.6 Å². The fraction of sp³-hybridized carbons (Fsp3) is 0.150. The maximum Gasteiger partial charge on any atom is 0.234 e. The number of anilines is 1. The molecule has 9 heteroatoms. The first-order valence-corrected chi connectivity index (χ1v) is 11.9. The van der Waals surface area contributed by atoms with Crippen LogP contribution in [0, 0.1) is 0 Å². The van der Waals surface area contributed by atoms with Crippen molar-refractivity contribution in [2.45, 2.75) is 15.2 Å². The molecule has 2 aromatic heterocycles. The van der Waals surface area contributed by atoms with Gasteiger partial charge in [0.05, 0.1) is 16.0 Å². The Hall–Kier alpha value is -2.00. The molecule has 29 heavy (non-hydrogen) atoms. The average Bonchev–Trinajstić information content (AvgIpc) is 3.31. The van der Waals surface area contributed by atoms with E-state index in [0.29, 0.717) is 5.75 Å². The van der Waals surface area contributed by atoms with E-state index in [4.69, 9.17) is 11.6 Å². The lowest BCUT2D eigenvalue weighted by molar-refractivity contribution is -0.113. The number of imidazole rings is 1. The van der Waals surface area contributed by atoms with Crippen molar-refractivity contribution in [3.63, 3.8) is 0 Å². The Kier molecular flexibility index (Phi) is 6.44. The van der Waals surface area contributed by atoms with Gasteiger partial charge in [-0.25, -0.2) is 9.97 Å². The summed E-state index contributed by atoms with van der Waals surface area (Å²) >= 11 is 10.9. The molecule has 148 valence electrons. The molecular weight excluding hydrogens is 444 g/mol. The van der Waals surface area contributed by atoms with Crippen LogP contribution >= 0.6 is 46.5 Å². The summed E-state index contributed by atoms with van der Waals surface area (Å²) in [5.74, 6) is 1.02. The van der Waals surface area contributed by atoms with Crippen molar-refractivity contribution in [3.05, 3.63) is 65.4 Å². The molecule has 0 saturated carbocycles. The van der Waals surface area contributed by atoms with Gasteiger partial charge in [0.1, 0.15) is 0 Å². The highest BCUT2D eigenvalue weighted by molar-refractivity contribution is 8.00. The third-order valence-electron chi connectivity index (χ3n) is 4.07. The SMILES string of the molecule is Cn1ccnc1SCC(=O)Nc1ccc2nc(SCc3ccccc3Cl)sc2c1. The van der Waals surface area contributed by atoms with E-state index in [2.05, 4.69) is 15.3 Å². The van der Waals surface area contributed by atoms with E-state index in [-0.39, 0.29) is 5.91 Å². The summed E-state index contributed by atoms with van der Waals surface area (Å²) in [6, 6.07) is 13.6. The molecule has 4 aromatic rings. The van der Waals surface area contributed by atoms with E-state index in [1.54, 1.807) is 29.3 Å². The summed E-state index contributed by atoms with van der Waals surface area (Å²) in [4.78, 5) is 21.1. The van der Waals surface area contributed by atoms with Gasteiger partial charge in [-0.05, 0) is 29.8 Å². The van der Waals surface area contributed by atoms with Gasteiger partial charge >= 0.3 is 0 Å². The molecule has 5 nitrogen and oxygen atoms in total. The monoisotopic (exact) mass is 460 g/mol. The van der Waals surface area contributed by atoms with E-state index in [0.717, 1.165) is 41.7 Å². The summed E-state index contributed by atoms with van der Waals surface area (Å²) in [6.07, 6.45) is 3.58. The summed E-state index contributed by atoms with van der Waals surface area (Å²) < 4.78 is 3.92. The number of fused-ring (bicyclic) bond motifs is 1. The number of carbonyl (C=O) groups is 1. The zero-order valence-corrected chi connectivity index (χ0v) is 18.7. The maximum atomic E-state index is 12.3. The first kappa shape index (κ1) is 20.3. The fourth-order valence-corrected chi connectivity index (χ4v) is 5.74. The number of thioether (sulfide) groups is 2. The number of thiazole rings is 1. The van der Waals surface area contributed by atoms with Crippen LogP contribution in [0.5, 0.6) is 0 Å². The van der Waals surface area contributed by atoms with Gasteiger partial charge in [0.2, 0.25) is 5.91 Å². The van der Waals surface area contributed by atoms with Crippen LogP contribution < -0.4 is 5.32 Å². The predicted molar refractivity (Wildman–Crippen MR) is 123 cm³/mol. The van der Waals surface area contributed by atoms with Crippen molar-refractivity contribution >= 4 is 68.3 Å². The van der Waals surface area contributed by atoms with Crippen LogP contribution in [0.3, 0.4) is 0 Å². The van der Waals surface area contributed by atoms with Crippen LogP contribution in [-0.4, -0.2) is 26.2 Å². The van der Waals surface area contributed by atoms with Crippen LogP contribution in [0.25, 0.3) is 10.2 Å². The molecule has 0 spiro atoms. The molecule has 1 N–H and O–H groups in total. The van der Waals surface area contributed by atoms with E-state index in [9.17, 15) is 4.79 Å². The first-order chi connectivity index (χ1) is 14.1. The molecule has 0 aliphatic rings. The Morgan fingerprint density at radius 1 is 1.24 bits per heavy atom. The van der Waals surface area contributed by atoms with Gasteiger partial charge in [-0.15, -0.1) is 11.3 Å². The summed E-state index contributed by atoms with van der Waals surface area (Å²) in [6.45, 7) is 0. The van der Waals surface area contributed by atoms with E-state index in [1.165, 1.54) is 11.8 Å². The number of halogens is 1. The van der Waals surface area contributed by atoms with Crippen LogP contribution in [0.15, 0.2) is 64.4 Å². The molecule has 0 atom stereocenters. The third-order valence-corrected chi connectivity index (χ3v) is 7.71. The van der Waals surface area contributed by atoms with Crippen molar-refractivity contribution in [1.29, 1.82) is 0 Å². The Morgan fingerprint density at radius 2 is 2.10 bits per heavy atom. The zero-order valence-electron chi connectivity index (χ0n) is 15.5. The molecule has 0 fully saturated rings. The van der Waals surface area contributed by atoms with Crippen molar-refractivity contribution in [2.75, 3.05) is 11.1 Å². The lowest BCUT2D eigenvalue weighted by Gasteiger charge is -2.05. The lowest BCUT2D eigenvalue weighted by Crippen LogP contribution is -2.14. The highest BCUT2D eigenvalue weighted by Gasteiger charge is 2.10. The summed E-state index contributed by atoms with van der Waals surface area (Å²) in [5, 5.41) is 4.54. The Balaban J connectivity index is 1.38. The van der Waals surface area contributed by atoms with Crippen LogP contribution in [0.1, 0.15) is 5.56 Å². The number of hydrogen-bond acceptors (Lipinski definition) is 6. The van der Waals surface area contributed by atoms with Crippen LogP contribution in [0.4, 0.5) is 5.69 Å². The van der Waals surface area contributed by atoms with Crippen LogP contribution in [0.2, 0.25) is 5.02 Å². The van der Waals surface area contributed by atoms with E-state index in [1.807, 2.05) is 60.3 Å². The molecule has 0 saturated heterocycles. The number of aromatic nitrogens is 3. The Labute approximate surface area is 185 Å². The number of benzene rings is 2. The van der Waals surface area contributed by atoms with Crippen molar-refractivity contribution in [1.82, 2.24) is 14.5 Å². The van der Waals surface area contributed by atoms with Crippen molar-refractivity contribution < 1.29 is 4.79 Å². The Morgan fingerprint density at radius 3 is 2.90 bits per heavy atom. The smallest absolute Gasteiger partial charge is 0.234 e. The number of nitrogens with zero attached hydrogens (tertiary/aromatic N) is 3. The topological polar surface area (TPSA) is 59.8 Å². The number of rotatable bonds is 7. The molecule has 0 aliphatic carbocycles. The molecule has 2 heterocycles. The number of aryl methyl sites for hydroxylation is 1. The Bertz CT molecular complexity index is 1160. The van der Waals surface area contributed by atoms with Gasteiger partial charge in [0.25, 0.3) is 0 Å². The zero-order chi connectivity index (χ0) is 20.2. The maximum absolute atomic E-state index is 12.3. The molecule has 2 aromatic carbocycles. The van der Waals surface area contributed by atoms with Gasteiger partial charge in [0, 0.05) is 35.9 Å². The second kappa shape index (κ2) is 9.21. The largest absolute Gasteiger partial charge is 0.329 e. The third kappa shape index (κ3) is 5.14. The molecular formula is C20H17ClN4OS3. The highest BCUT2D eigenvalue weighted by Crippen LogP contribution is 2.34. The van der Waals surface area contributed by atoms with Gasteiger partial charge in [-0.2, -0.15) is 0 Å². The summed E-state index contributed by atoms with van der Waals surface area (Å²) in [5.41, 5.74) is 2.79. The number of carbonyl (C=O) groups excluding carboxylic acids is 1. The normalized spacial score (nSPS) is 11.1. The minimum atomic E-state index is -0.0600. The van der Waals surface area contributed by atoms with Crippen molar-refractivity contribution in [3.8, 4) is 0 Å². The number of amides is 1. The molecule has 1 amide bonds. The van der Waals surface area contributed by atoms with Gasteiger partial charge < -0.3 is 9.88 Å². The molecule has 0 aliphatic heterocycles. The molecule has 0 unspecified atom stereocenters. The van der Waals surface area contributed by atoms with Gasteiger partial charge in [-0.1, -0.05) is 53.3 Å². The molecule has 0 bridgehead atoms. The minimum Gasteiger partial charge on any atom is -0.329 e. The molecule has 0 radical (unpaired) electrons. The standard InChI is InChI=1S/C20H17ClN4OS3/c1-25-9-8-22-19(25)27-12-18(26)23-14-6-7-16-17(10-14)29-20(24-16)28-11-13-4-2-3-5-15(13)21/h2-10H,11-12H2,1H3,(H,23,26). The van der Waals surface area contributed by atoms with Gasteiger partial charge in [-0.3, -0.25) is 4.79 Å². The number of nitrogens with one attached hydrogen (secondary N) is 1. The minimum absolute atomic E-state index is 0.0600. The fourth-order valence-electron chi connectivity index (χ4n) is 2.62.